The summed E-state index contributed by atoms with van der Waals surface area (Å²) in [5.74, 6) is 0.855. The maximum Gasteiger partial charge on any atom is 0.0860 e. The van der Waals surface area contributed by atoms with Crippen molar-refractivity contribution in [3.63, 3.8) is 0 Å². The molecule has 3 nitrogen and oxygen atoms in total. The van der Waals surface area contributed by atoms with Gasteiger partial charge in [0.15, 0.2) is 0 Å². The fraction of sp³-hybridized carbons (Fsp3) is 0.750. The molecule has 0 aliphatic heterocycles. The molecule has 1 unspecified atom stereocenters. The first-order valence-electron chi connectivity index (χ1n) is 6.01. The molecule has 16 heavy (non-hydrogen) atoms. The largest absolute Gasteiger partial charge is 0.308 e. The molecule has 90 valence electrons. The van der Waals surface area contributed by atoms with E-state index in [1.165, 1.54) is 19.3 Å². The highest BCUT2D eigenvalue weighted by Crippen LogP contribution is 2.29. The summed E-state index contributed by atoms with van der Waals surface area (Å²) in [5, 5.41) is 8.66. The lowest BCUT2D eigenvalue weighted by molar-refractivity contribution is 0.239. The number of aromatic nitrogens is 2. The van der Waals surface area contributed by atoms with E-state index in [2.05, 4.69) is 17.3 Å². The Balaban J connectivity index is 1.93. The number of halogens is 1. The predicted molar refractivity (Wildman–Crippen MR) is 66.6 cm³/mol. The summed E-state index contributed by atoms with van der Waals surface area (Å²) >= 11 is 6.20. The topological polar surface area (TPSA) is 29.9 Å². The van der Waals surface area contributed by atoms with Crippen LogP contribution in [0.25, 0.3) is 0 Å². The Bertz CT molecular complexity index is 369. The van der Waals surface area contributed by atoms with E-state index in [0.717, 1.165) is 28.9 Å². The SMILES string of the molecule is Cc1nn(C)c(CNC(C)C2CCC2)c1Cl. The minimum atomic E-state index is 0.583. The van der Waals surface area contributed by atoms with Gasteiger partial charge in [-0.05, 0) is 32.6 Å². The van der Waals surface area contributed by atoms with Gasteiger partial charge in [-0.15, -0.1) is 0 Å². The summed E-state index contributed by atoms with van der Waals surface area (Å²) in [4.78, 5) is 0. The Morgan fingerprint density at radius 1 is 1.56 bits per heavy atom. The van der Waals surface area contributed by atoms with Crippen molar-refractivity contribution in [2.75, 3.05) is 0 Å². The van der Waals surface area contributed by atoms with E-state index in [1.807, 2.05) is 18.7 Å². The molecule has 1 saturated carbocycles. The maximum absolute atomic E-state index is 6.20. The van der Waals surface area contributed by atoms with E-state index in [0.29, 0.717) is 6.04 Å². The van der Waals surface area contributed by atoms with Crippen LogP contribution in [-0.4, -0.2) is 15.8 Å². The molecule has 1 aliphatic carbocycles. The van der Waals surface area contributed by atoms with E-state index in [9.17, 15) is 0 Å². The van der Waals surface area contributed by atoms with Gasteiger partial charge in [-0.25, -0.2) is 0 Å². The molecule has 4 heteroatoms. The molecule has 0 amide bonds. The van der Waals surface area contributed by atoms with Gasteiger partial charge in [0.05, 0.1) is 16.4 Å². The Morgan fingerprint density at radius 2 is 2.25 bits per heavy atom. The third-order valence-electron chi connectivity index (χ3n) is 3.71. The molecule has 1 aromatic heterocycles. The van der Waals surface area contributed by atoms with Crippen LogP contribution in [0.15, 0.2) is 0 Å². The quantitative estimate of drug-likeness (QED) is 0.879. The van der Waals surface area contributed by atoms with E-state index in [-0.39, 0.29) is 0 Å². The highest BCUT2D eigenvalue weighted by molar-refractivity contribution is 6.31. The fourth-order valence-electron chi connectivity index (χ4n) is 2.24. The lowest BCUT2D eigenvalue weighted by Crippen LogP contribution is -2.37. The maximum atomic E-state index is 6.20. The number of hydrogen-bond acceptors (Lipinski definition) is 2. The number of rotatable bonds is 4. The van der Waals surface area contributed by atoms with Gasteiger partial charge >= 0.3 is 0 Å². The van der Waals surface area contributed by atoms with Crippen LogP contribution in [0, 0.1) is 12.8 Å². The monoisotopic (exact) mass is 241 g/mol. The van der Waals surface area contributed by atoms with Crippen molar-refractivity contribution in [1.29, 1.82) is 0 Å². The van der Waals surface area contributed by atoms with Crippen LogP contribution in [0.2, 0.25) is 5.02 Å². The second kappa shape index (κ2) is 4.76. The molecule has 0 aromatic carbocycles. The zero-order valence-electron chi connectivity index (χ0n) is 10.3. The molecule has 0 saturated heterocycles. The zero-order chi connectivity index (χ0) is 11.7. The molecular weight excluding hydrogens is 222 g/mol. The van der Waals surface area contributed by atoms with E-state index < -0.39 is 0 Å². The van der Waals surface area contributed by atoms with Crippen molar-refractivity contribution in [3.05, 3.63) is 16.4 Å². The average molecular weight is 242 g/mol. The standard InChI is InChI=1S/C12H20ClN3/c1-8(10-5-4-6-10)14-7-11-12(13)9(2)15-16(11)3/h8,10,14H,4-7H2,1-3H3. The highest BCUT2D eigenvalue weighted by atomic mass is 35.5. The molecular formula is C12H20ClN3. The van der Waals surface area contributed by atoms with Crippen molar-refractivity contribution in [3.8, 4) is 0 Å². The van der Waals surface area contributed by atoms with Gasteiger partial charge in [0, 0.05) is 19.6 Å². The zero-order valence-corrected chi connectivity index (χ0v) is 11.0. The summed E-state index contributed by atoms with van der Waals surface area (Å²) in [6, 6.07) is 0.583. The number of nitrogens with one attached hydrogen (secondary N) is 1. The van der Waals surface area contributed by atoms with Crippen LogP contribution < -0.4 is 5.32 Å². The van der Waals surface area contributed by atoms with Crippen LogP contribution in [0.3, 0.4) is 0 Å². The van der Waals surface area contributed by atoms with Crippen molar-refractivity contribution in [2.24, 2.45) is 13.0 Å². The van der Waals surface area contributed by atoms with Crippen LogP contribution in [0.4, 0.5) is 0 Å². The molecule has 1 heterocycles. The Kier molecular flexibility index (Phi) is 3.55. The van der Waals surface area contributed by atoms with Gasteiger partial charge in [-0.3, -0.25) is 4.68 Å². The Labute approximate surface area is 102 Å². The van der Waals surface area contributed by atoms with Gasteiger partial charge in [0.1, 0.15) is 0 Å². The van der Waals surface area contributed by atoms with Crippen LogP contribution >= 0.6 is 11.6 Å². The van der Waals surface area contributed by atoms with E-state index in [1.54, 1.807) is 0 Å². The molecule has 1 atom stereocenters. The third kappa shape index (κ3) is 2.25. The van der Waals surface area contributed by atoms with Crippen LogP contribution in [0.1, 0.15) is 37.6 Å². The van der Waals surface area contributed by atoms with Gasteiger partial charge < -0.3 is 5.32 Å². The molecule has 2 rings (SSSR count). The predicted octanol–water partition coefficient (Wildman–Crippen LogP) is 2.66. The first kappa shape index (κ1) is 11.9. The molecule has 0 spiro atoms. The summed E-state index contributed by atoms with van der Waals surface area (Å²) in [6.45, 7) is 5.02. The summed E-state index contributed by atoms with van der Waals surface area (Å²) < 4.78 is 1.87. The van der Waals surface area contributed by atoms with Gasteiger partial charge in [0.25, 0.3) is 0 Å². The first-order chi connectivity index (χ1) is 7.59. The Morgan fingerprint density at radius 3 is 2.69 bits per heavy atom. The minimum absolute atomic E-state index is 0.583. The Hall–Kier alpha value is -0.540. The molecule has 1 fully saturated rings. The fourth-order valence-corrected chi connectivity index (χ4v) is 2.46. The van der Waals surface area contributed by atoms with Crippen LogP contribution in [0.5, 0.6) is 0 Å². The van der Waals surface area contributed by atoms with Gasteiger partial charge in [0.2, 0.25) is 0 Å². The average Bonchev–Trinajstić information content (AvgIpc) is 2.36. The van der Waals surface area contributed by atoms with E-state index >= 15 is 0 Å². The smallest absolute Gasteiger partial charge is 0.0860 e. The van der Waals surface area contributed by atoms with Gasteiger partial charge in [-0.1, -0.05) is 18.0 Å². The molecule has 1 aromatic rings. The lowest BCUT2D eigenvalue weighted by Gasteiger charge is -2.32. The summed E-state index contributed by atoms with van der Waals surface area (Å²) in [6.07, 6.45) is 4.13. The number of aryl methyl sites for hydroxylation is 2. The van der Waals surface area contributed by atoms with Crippen molar-refractivity contribution in [1.82, 2.24) is 15.1 Å². The highest BCUT2D eigenvalue weighted by Gasteiger charge is 2.23. The normalized spacial score (nSPS) is 18.5. The molecule has 0 bridgehead atoms. The number of hydrogen-bond donors (Lipinski definition) is 1. The summed E-state index contributed by atoms with van der Waals surface area (Å²) in [7, 11) is 1.95. The second-order valence-electron chi connectivity index (χ2n) is 4.83. The number of nitrogens with zero attached hydrogens (tertiary/aromatic N) is 2. The van der Waals surface area contributed by atoms with Crippen molar-refractivity contribution < 1.29 is 0 Å². The van der Waals surface area contributed by atoms with Crippen molar-refractivity contribution >= 4 is 11.6 Å². The third-order valence-corrected chi connectivity index (χ3v) is 4.20. The minimum Gasteiger partial charge on any atom is -0.308 e. The molecule has 0 radical (unpaired) electrons. The van der Waals surface area contributed by atoms with E-state index in [4.69, 9.17) is 11.6 Å². The second-order valence-corrected chi connectivity index (χ2v) is 5.21. The first-order valence-corrected chi connectivity index (χ1v) is 6.38. The summed E-state index contributed by atoms with van der Waals surface area (Å²) in [5.41, 5.74) is 2.00. The molecule has 1 N–H and O–H groups in total. The van der Waals surface area contributed by atoms with Crippen molar-refractivity contribution in [2.45, 2.75) is 45.7 Å². The molecule has 1 aliphatic rings. The lowest BCUT2D eigenvalue weighted by atomic mass is 9.80. The van der Waals surface area contributed by atoms with Crippen LogP contribution in [-0.2, 0) is 13.6 Å². The van der Waals surface area contributed by atoms with Gasteiger partial charge in [-0.2, -0.15) is 5.10 Å².